The number of carbonyl (C=O) groups is 1. The maximum absolute atomic E-state index is 11.5. The minimum absolute atomic E-state index is 0.316. The smallest absolute Gasteiger partial charge is 0.248 e. The highest BCUT2D eigenvalue weighted by atomic mass is 35.5. The van der Waals surface area contributed by atoms with Gasteiger partial charge in [-0.1, -0.05) is 24.2 Å². The molecule has 0 atom stereocenters. The van der Waals surface area contributed by atoms with Gasteiger partial charge in [0.25, 0.3) is 0 Å². The molecule has 0 unspecified atom stereocenters. The van der Waals surface area contributed by atoms with Crippen molar-refractivity contribution in [1.29, 1.82) is 0 Å². The lowest BCUT2D eigenvalue weighted by molar-refractivity contribution is -0.111. The zero-order valence-electron chi connectivity index (χ0n) is 13.2. The Morgan fingerprint density at radius 2 is 2.16 bits per heavy atom. The predicted octanol–water partition coefficient (Wildman–Crippen LogP) is 3.50. The highest BCUT2D eigenvalue weighted by Crippen LogP contribution is 2.38. The van der Waals surface area contributed by atoms with E-state index in [1.54, 1.807) is 12.3 Å². The monoisotopic (exact) mass is 351 g/mol. The molecule has 1 aliphatic rings. The normalized spacial score (nSPS) is 12.9. The number of benzene rings is 1. The first-order chi connectivity index (χ1) is 12.2. The Morgan fingerprint density at radius 1 is 1.28 bits per heavy atom. The minimum atomic E-state index is -0.316. The molecular formula is C18H14ClN5O. The van der Waals surface area contributed by atoms with E-state index in [1.807, 2.05) is 18.2 Å². The number of hydrogen-bond donors (Lipinski definition) is 1. The van der Waals surface area contributed by atoms with Crippen molar-refractivity contribution in [3.05, 3.63) is 60.0 Å². The number of anilines is 3. The first kappa shape index (κ1) is 15.5. The second-order valence-corrected chi connectivity index (χ2v) is 6.09. The third-order valence-electron chi connectivity index (χ3n) is 4.14. The molecule has 0 fully saturated rings. The van der Waals surface area contributed by atoms with E-state index in [0.29, 0.717) is 16.4 Å². The summed E-state index contributed by atoms with van der Waals surface area (Å²) in [6, 6.07) is 7.65. The number of rotatable bonds is 3. The molecule has 0 aliphatic carbocycles. The van der Waals surface area contributed by atoms with E-state index in [9.17, 15) is 4.79 Å². The summed E-state index contributed by atoms with van der Waals surface area (Å²) in [5, 5.41) is 4.16. The molecule has 0 bridgehead atoms. The fourth-order valence-electron chi connectivity index (χ4n) is 2.98. The molecule has 7 heteroatoms. The Kier molecular flexibility index (Phi) is 3.82. The molecular weight excluding hydrogens is 338 g/mol. The molecule has 0 saturated heterocycles. The second kappa shape index (κ2) is 6.14. The van der Waals surface area contributed by atoms with Gasteiger partial charge < -0.3 is 10.2 Å². The van der Waals surface area contributed by atoms with Gasteiger partial charge in [-0.05, 0) is 36.3 Å². The fraction of sp³-hybridized carbons (Fsp3) is 0.111. The van der Waals surface area contributed by atoms with Crippen molar-refractivity contribution in [3.63, 3.8) is 0 Å². The maximum Gasteiger partial charge on any atom is 0.248 e. The van der Waals surface area contributed by atoms with E-state index >= 15 is 0 Å². The van der Waals surface area contributed by atoms with Crippen LogP contribution in [0.5, 0.6) is 0 Å². The van der Waals surface area contributed by atoms with Crippen molar-refractivity contribution in [2.45, 2.75) is 6.42 Å². The molecule has 0 saturated carbocycles. The minimum Gasteiger partial charge on any atom is -0.325 e. The van der Waals surface area contributed by atoms with Crippen LogP contribution in [-0.4, -0.2) is 27.4 Å². The van der Waals surface area contributed by atoms with Crippen LogP contribution in [-0.2, 0) is 11.2 Å². The van der Waals surface area contributed by atoms with Gasteiger partial charge in [0.2, 0.25) is 5.91 Å². The van der Waals surface area contributed by atoms with E-state index in [-0.39, 0.29) is 5.91 Å². The molecule has 25 heavy (non-hydrogen) atoms. The third kappa shape index (κ3) is 2.81. The lowest BCUT2D eigenvalue weighted by Crippen LogP contribution is -2.16. The highest BCUT2D eigenvalue weighted by molar-refractivity contribution is 6.31. The van der Waals surface area contributed by atoms with Gasteiger partial charge in [-0.2, -0.15) is 0 Å². The summed E-state index contributed by atoms with van der Waals surface area (Å²) in [7, 11) is 0. The molecule has 0 radical (unpaired) electrons. The third-order valence-corrected chi connectivity index (χ3v) is 4.37. The molecule has 4 rings (SSSR count). The first-order valence-corrected chi connectivity index (χ1v) is 8.13. The van der Waals surface area contributed by atoms with Crippen molar-refractivity contribution in [2.24, 2.45) is 0 Å². The Bertz CT molecular complexity index is 1000. The molecule has 124 valence electrons. The Morgan fingerprint density at radius 3 is 3.00 bits per heavy atom. The van der Waals surface area contributed by atoms with E-state index in [2.05, 4.69) is 31.7 Å². The second-order valence-electron chi connectivity index (χ2n) is 5.65. The van der Waals surface area contributed by atoms with E-state index < -0.39 is 0 Å². The SMILES string of the molecule is C=CC(=O)Nc1cc2c(N3CCc4ccc(Cl)cc43)ncnc2cn1. The Labute approximate surface area is 149 Å². The summed E-state index contributed by atoms with van der Waals surface area (Å²) in [6.07, 6.45) is 5.26. The maximum atomic E-state index is 11.5. The van der Waals surface area contributed by atoms with E-state index in [4.69, 9.17) is 11.6 Å². The summed E-state index contributed by atoms with van der Waals surface area (Å²) < 4.78 is 0. The van der Waals surface area contributed by atoms with Gasteiger partial charge in [-0.3, -0.25) is 4.79 Å². The summed E-state index contributed by atoms with van der Waals surface area (Å²) in [5.41, 5.74) is 2.98. The lowest BCUT2D eigenvalue weighted by atomic mass is 10.2. The summed E-state index contributed by atoms with van der Waals surface area (Å²) >= 11 is 6.17. The number of nitrogens with one attached hydrogen (secondary N) is 1. The van der Waals surface area contributed by atoms with Crippen LogP contribution in [0.4, 0.5) is 17.3 Å². The van der Waals surface area contributed by atoms with Crippen LogP contribution in [0, 0.1) is 0 Å². The zero-order valence-corrected chi connectivity index (χ0v) is 14.0. The van der Waals surface area contributed by atoms with Crippen LogP contribution < -0.4 is 10.2 Å². The van der Waals surface area contributed by atoms with Gasteiger partial charge in [0.05, 0.1) is 11.7 Å². The lowest BCUT2D eigenvalue weighted by Gasteiger charge is -2.20. The van der Waals surface area contributed by atoms with Gasteiger partial charge >= 0.3 is 0 Å². The summed E-state index contributed by atoms with van der Waals surface area (Å²) in [6.45, 7) is 4.25. The molecule has 3 heterocycles. The number of hydrogen-bond acceptors (Lipinski definition) is 5. The highest BCUT2D eigenvalue weighted by Gasteiger charge is 2.23. The summed E-state index contributed by atoms with van der Waals surface area (Å²) in [4.78, 5) is 26.6. The van der Waals surface area contributed by atoms with Crippen LogP contribution in [0.1, 0.15) is 5.56 Å². The molecule has 2 aromatic heterocycles. The van der Waals surface area contributed by atoms with Crippen LogP contribution >= 0.6 is 11.6 Å². The van der Waals surface area contributed by atoms with Gasteiger partial charge in [0.15, 0.2) is 0 Å². The number of fused-ring (bicyclic) bond motifs is 2. The molecule has 1 N–H and O–H groups in total. The molecule has 3 aromatic rings. The van der Waals surface area contributed by atoms with Gasteiger partial charge in [-0.15, -0.1) is 0 Å². The quantitative estimate of drug-likeness (QED) is 0.731. The first-order valence-electron chi connectivity index (χ1n) is 7.76. The summed E-state index contributed by atoms with van der Waals surface area (Å²) in [5.74, 6) is 0.880. The Hall–Kier alpha value is -2.99. The van der Waals surface area contributed by atoms with Crippen molar-refractivity contribution in [3.8, 4) is 0 Å². The topological polar surface area (TPSA) is 71.0 Å². The molecule has 0 spiro atoms. The van der Waals surface area contributed by atoms with Gasteiger partial charge in [0.1, 0.15) is 18.0 Å². The number of halogens is 1. The van der Waals surface area contributed by atoms with Crippen molar-refractivity contribution < 1.29 is 4.79 Å². The van der Waals surface area contributed by atoms with Crippen LogP contribution in [0.3, 0.4) is 0 Å². The van der Waals surface area contributed by atoms with Gasteiger partial charge in [-0.25, -0.2) is 15.0 Å². The van der Waals surface area contributed by atoms with Crippen LogP contribution in [0.2, 0.25) is 5.02 Å². The van der Waals surface area contributed by atoms with E-state index in [0.717, 1.165) is 29.9 Å². The molecule has 6 nitrogen and oxygen atoms in total. The number of aromatic nitrogens is 3. The zero-order chi connectivity index (χ0) is 17.4. The van der Waals surface area contributed by atoms with Gasteiger partial charge in [0, 0.05) is 22.6 Å². The average molecular weight is 352 g/mol. The largest absolute Gasteiger partial charge is 0.325 e. The molecule has 1 aliphatic heterocycles. The Balaban J connectivity index is 1.83. The number of pyridine rings is 1. The standard InChI is InChI=1S/C18H14ClN5O/c1-2-17(25)23-16-8-13-14(9-20-16)21-10-22-18(13)24-6-5-11-3-4-12(19)7-15(11)24/h2-4,7-10H,1,5-6H2,(H,20,23,25). The number of amides is 1. The van der Waals surface area contributed by atoms with Crippen molar-refractivity contribution in [2.75, 3.05) is 16.8 Å². The van der Waals surface area contributed by atoms with Crippen molar-refractivity contribution >= 4 is 45.7 Å². The predicted molar refractivity (Wildman–Crippen MR) is 98.3 cm³/mol. The molecule has 1 amide bonds. The van der Waals surface area contributed by atoms with Crippen molar-refractivity contribution in [1.82, 2.24) is 15.0 Å². The number of carbonyl (C=O) groups excluding carboxylic acids is 1. The van der Waals surface area contributed by atoms with Crippen LogP contribution in [0.25, 0.3) is 10.9 Å². The number of nitrogens with zero attached hydrogens (tertiary/aromatic N) is 4. The average Bonchev–Trinajstić information content (AvgIpc) is 3.04. The molecule has 1 aromatic carbocycles. The van der Waals surface area contributed by atoms with E-state index in [1.165, 1.54) is 18.0 Å². The fourth-order valence-corrected chi connectivity index (χ4v) is 3.14. The van der Waals surface area contributed by atoms with Crippen LogP contribution in [0.15, 0.2) is 49.4 Å².